The summed E-state index contributed by atoms with van der Waals surface area (Å²) in [5.74, 6) is 1.86. The van der Waals surface area contributed by atoms with Gasteiger partial charge in [0.1, 0.15) is 5.75 Å². The third-order valence-corrected chi connectivity index (χ3v) is 3.06. The van der Waals surface area contributed by atoms with Crippen LogP contribution in [-0.4, -0.2) is 24.6 Å². The van der Waals surface area contributed by atoms with E-state index in [0.717, 1.165) is 23.7 Å². The molecule has 0 radical (unpaired) electrons. The molecule has 3 nitrogen and oxygen atoms in total. The van der Waals surface area contributed by atoms with E-state index in [1.165, 1.54) is 0 Å². The first-order valence-corrected chi connectivity index (χ1v) is 5.43. The van der Waals surface area contributed by atoms with Crippen LogP contribution in [0.25, 0.3) is 0 Å². The smallest absolute Gasteiger partial charge is 0.160 e. The Morgan fingerprint density at radius 2 is 2.07 bits per heavy atom. The SMILES string of the molecule is COc1ccc(N2CCSC2=N)cc1. The maximum atomic E-state index is 7.70. The molecule has 0 amide bonds. The third kappa shape index (κ3) is 1.70. The van der Waals surface area contributed by atoms with E-state index in [2.05, 4.69) is 0 Å². The minimum atomic E-state index is 0.634. The van der Waals surface area contributed by atoms with Gasteiger partial charge < -0.3 is 9.64 Å². The quantitative estimate of drug-likeness (QED) is 0.809. The van der Waals surface area contributed by atoms with Gasteiger partial charge in [-0.15, -0.1) is 0 Å². The minimum Gasteiger partial charge on any atom is -0.497 e. The predicted molar refractivity (Wildman–Crippen MR) is 60.5 cm³/mol. The van der Waals surface area contributed by atoms with Crippen molar-refractivity contribution in [3.63, 3.8) is 0 Å². The summed E-state index contributed by atoms with van der Waals surface area (Å²) < 4.78 is 5.08. The van der Waals surface area contributed by atoms with Gasteiger partial charge in [0, 0.05) is 18.0 Å². The van der Waals surface area contributed by atoms with Crippen LogP contribution in [0.1, 0.15) is 0 Å². The third-order valence-electron chi connectivity index (χ3n) is 2.18. The Morgan fingerprint density at radius 1 is 1.36 bits per heavy atom. The zero-order chi connectivity index (χ0) is 9.97. The summed E-state index contributed by atoms with van der Waals surface area (Å²) in [6, 6.07) is 7.82. The highest BCUT2D eigenvalue weighted by atomic mass is 32.2. The van der Waals surface area contributed by atoms with Crippen LogP contribution in [0.15, 0.2) is 24.3 Å². The summed E-state index contributed by atoms with van der Waals surface area (Å²) in [7, 11) is 1.66. The van der Waals surface area contributed by atoms with Gasteiger partial charge in [0.05, 0.1) is 7.11 Å². The largest absolute Gasteiger partial charge is 0.497 e. The van der Waals surface area contributed by atoms with Crippen molar-refractivity contribution >= 4 is 22.6 Å². The van der Waals surface area contributed by atoms with Gasteiger partial charge in [0.2, 0.25) is 0 Å². The number of nitrogens with zero attached hydrogens (tertiary/aromatic N) is 1. The standard InChI is InChI=1S/C10H12N2OS/c1-13-9-4-2-8(3-5-9)12-6-7-14-10(12)11/h2-5,11H,6-7H2,1H3. The molecule has 1 aromatic carbocycles. The van der Waals surface area contributed by atoms with Crippen LogP contribution < -0.4 is 9.64 Å². The molecule has 1 aliphatic rings. The van der Waals surface area contributed by atoms with Crippen LogP contribution in [0, 0.1) is 5.41 Å². The van der Waals surface area contributed by atoms with Gasteiger partial charge in [0.15, 0.2) is 5.17 Å². The van der Waals surface area contributed by atoms with Crippen LogP contribution in [0.5, 0.6) is 5.75 Å². The topological polar surface area (TPSA) is 36.3 Å². The maximum Gasteiger partial charge on any atom is 0.160 e. The summed E-state index contributed by atoms with van der Waals surface area (Å²) in [6.07, 6.45) is 0. The fourth-order valence-electron chi connectivity index (χ4n) is 1.42. The number of hydrogen-bond donors (Lipinski definition) is 1. The highest BCUT2D eigenvalue weighted by molar-refractivity contribution is 8.14. The highest BCUT2D eigenvalue weighted by Crippen LogP contribution is 2.25. The Kier molecular flexibility index (Phi) is 2.63. The Morgan fingerprint density at radius 3 is 2.57 bits per heavy atom. The van der Waals surface area contributed by atoms with Crippen molar-refractivity contribution in [1.29, 1.82) is 5.41 Å². The zero-order valence-corrected chi connectivity index (χ0v) is 8.80. The van der Waals surface area contributed by atoms with Crippen molar-refractivity contribution in [2.45, 2.75) is 0 Å². The molecule has 0 unspecified atom stereocenters. The number of rotatable bonds is 2. The van der Waals surface area contributed by atoms with Gasteiger partial charge in [-0.25, -0.2) is 0 Å². The van der Waals surface area contributed by atoms with Crippen molar-refractivity contribution in [2.24, 2.45) is 0 Å². The second-order valence-corrected chi connectivity index (χ2v) is 4.09. The molecule has 0 bridgehead atoms. The lowest BCUT2D eigenvalue weighted by molar-refractivity contribution is 0.415. The van der Waals surface area contributed by atoms with Crippen LogP contribution >= 0.6 is 11.8 Å². The monoisotopic (exact) mass is 208 g/mol. The van der Waals surface area contributed by atoms with E-state index < -0.39 is 0 Å². The van der Waals surface area contributed by atoms with Gasteiger partial charge in [-0.05, 0) is 24.3 Å². The van der Waals surface area contributed by atoms with E-state index in [-0.39, 0.29) is 0 Å². The average molecular weight is 208 g/mol. The molecule has 74 valence electrons. The first-order valence-electron chi connectivity index (χ1n) is 4.44. The first kappa shape index (κ1) is 9.40. The van der Waals surface area contributed by atoms with Crippen molar-refractivity contribution in [1.82, 2.24) is 0 Å². The zero-order valence-electron chi connectivity index (χ0n) is 7.99. The maximum absolute atomic E-state index is 7.70. The van der Waals surface area contributed by atoms with Crippen molar-refractivity contribution in [3.05, 3.63) is 24.3 Å². The summed E-state index contributed by atoms with van der Waals surface area (Å²) >= 11 is 1.59. The van der Waals surface area contributed by atoms with Gasteiger partial charge in [-0.1, -0.05) is 11.8 Å². The Hall–Kier alpha value is -1.16. The fraction of sp³-hybridized carbons (Fsp3) is 0.300. The molecular formula is C10H12N2OS. The molecule has 0 saturated carbocycles. The number of thioether (sulfide) groups is 1. The average Bonchev–Trinajstić information content (AvgIpc) is 2.65. The second kappa shape index (κ2) is 3.92. The van der Waals surface area contributed by atoms with Crippen LogP contribution in [0.4, 0.5) is 5.69 Å². The molecule has 0 atom stereocenters. The number of nitrogens with one attached hydrogen (secondary N) is 1. The molecule has 14 heavy (non-hydrogen) atoms. The fourth-order valence-corrected chi connectivity index (χ4v) is 2.24. The molecule has 1 saturated heterocycles. The molecule has 1 fully saturated rings. The molecule has 1 N–H and O–H groups in total. The van der Waals surface area contributed by atoms with E-state index in [0.29, 0.717) is 5.17 Å². The summed E-state index contributed by atoms with van der Waals surface area (Å²) in [6.45, 7) is 0.926. The number of benzene rings is 1. The number of amidine groups is 1. The lowest BCUT2D eigenvalue weighted by Gasteiger charge is -2.16. The second-order valence-electron chi connectivity index (χ2n) is 3.00. The molecule has 0 aromatic heterocycles. The number of ether oxygens (including phenoxy) is 1. The Labute approximate surface area is 87.6 Å². The number of hydrogen-bond acceptors (Lipinski definition) is 3. The van der Waals surface area contributed by atoms with Crippen molar-refractivity contribution in [3.8, 4) is 5.75 Å². The van der Waals surface area contributed by atoms with E-state index in [1.807, 2.05) is 29.2 Å². The molecular weight excluding hydrogens is 196 g/mol. The minimum absolute atomic E-state index is 0.634. The molecule has 0 spiro atoms. The summed E-state index contributed by atoms with van der Waals surface area (Å²) in [5, 5.41) is 8.33. The van der Waals surface area contributed by atoms with Crippen LogP contribution in [0.2, 0.25) is 0 Å². The molecule has 1 heterocycles. The van der Waals surface area contributed by atoms with Crippen molar-refractivity contribution < 1.29 is 4.74 Å². The Balaban J connectivity index is 2.20. The normalized spacial score (nSPS) is 16.1. The van der Waals surface area contributed by atoms with Gasteiger partial charge in [-0.3, -0.25) is 5.41 Å². The summed E-state index contributed by atoms with van der Waals surface area (Å²) in [5.41, 5.74) is 1.07. The lowest BCUT2D eigenvalue weighted by atomic mass is 10.3. The Bertz CT molecular complexity index is 336. The summed E-state index contributed by atoms with van der Waals surface area (Å²) in [4.78, 5) is 2.00. The van der Waals surface area contributed by atoms with Gasteiger partial charge >= 0.3 is 0 Å². The van der Waals surface area contributed by atoms with Crippen molar-refractivity contribution in [2.75, 3.05) is 24.3 Å². The van der Waals surface area contributed by atoms with E-state index >= 15 is 0 Å². The lowest BCUT2D eigenvalue weighted by Crippen LogP contribution is -2.22. The van der Waals surface area contributed by atoms with E-state index in [9.17, 15) is 0 Å². The highest BCUT2D eigenvalue weighted by Gasteiger charge is 2.18. The van der Waals surface area contributed by atoms with E-state index in [1.54, 1.807) is 18.9 Å². The van der Waals surface area contributed by atoms with Gasteiger partial charge in [-0.2, -0.15) is 0 Å². The van der Waals surface area contributed by atoms with Crippen LogP contribution in [0.3, 0.4) is 0 Å². The number of methoxy groups -OCH3 is 1. The first-order chi connectivity index (χ1) is 6.81. The molecule has 1 aromatic rings. The molecule has 4 heteroatoms. The molecule has 2 rings (SSSR count). The molecule has 1 aliphatic heterocycles. The number of anilines is 1. The van der Waals surface area contributed by atoms with Gasteiger partial charge in [0.25, 0.3) is 0 Å². The van der Waals surface area contributed by atoms with Crippen LogP contribution in [-0.2, 0) is 0 Å². The molecule has 0 aliphatic carbocycles. The predicted octanol–water partition coefficient (Wildman–Crippen LogP) is 2.18. The van der Waals surface area contributed by atoms with E-state index in [4.69, 9.17) is 10.1 Å².